The van der Waals surface area contributed by atoms with E-state index in [2.05, 4.69) is 5.10 Å². The van der Waals surface area contributed by atoms with Crippen molar-refractivity contribution < 1.29 is 5.11 Å². The summed E-state index contributed by atoms with van der Waals surface area (Å²) in [5.74, 6) is 0.638. The number of halogens is 1. The minimum absolute atomic E-state index is 0.469. The molecule has 102 valence electrons. The molecule has 1 aromatic rings. The number of aryl methyl sites for hydroxylation is 1. The fraction of sp³-hybridized carbons (Fsp3) is 0.786. The molecule has 0 amide bonds. The molecule has 1 atom stereocenters. The first-order valence-electron chi connectivity index (χ1n) is 7.11. The second-order valence-electron chi connectivity index (χ2n) is 5.30. The third-order valence-corrected chi connectivity index (χ3v) is 4.27. The van der Waals surface area contributed by atoms with Crippen molar-refractivity contribution in [1.82, 2.24) is 9.78 Å². The Morgan fingerprint density at radius 2 is 2.06 bits per heavy atom. The summed E-state index contributed by atoms with van der Waals surface area (Å²) in [6.07, 6.45) is 9.78. The molecule has 2 rings (SSSR count). The highest BCUT2D eigenvalue weighted by molar-refractivity contribution is 6.31. The molecule has 1 saturated carbocycles. The van der Waals surface area contributed by atoms with Crippen molar-refractivity contribution in [3.63, 3.8) is 0 Å². The Balaban J connectivity index is 2.01. The van der Waals surface area contributed by atoms with Gasteiger partial charge in [-0.1, -0.05) is 50.1 Å². The van der Waals surface area contributed by atoms with Crippen molar-refractivity contribution in [2.24, 2.45) is 5.92 Å². The Kier molecular flexibility index (Phi) is 5.07. The van der Waals surface area contributed by atoms with Crippen LogP contribution in [0.5, 0.6) is 0 Å². The van der Waals surface area contributed by atoms with Gasteiger partial charge in [-0.15, -0.1) is 0 Å². The van der Waals surface area contributed by atoms with Crippen LogP contribution in [0.15, 0.2) is 6.20 Å². The average molecular weight is 271 g/mol. The number of aliphatic hydroxyl groups is 1. The molecular weight excluding hydrogens is 248 g/mol. The molecule has 0 radical (unpaired) electrons. The summed E-state index contributed by atoms with van der Waals surface area (Å²) in [6, 6.07) is 0. The van der Waals surface area contributed by atoms with Crippen molar-refractivity contribution in [2.75, 3.05) is 0 Å². The zero-order chi connectivity index (χ0) is 13.0. The first kappa shape index (κ1) is 13.9. The average Bonchev–Trinajstić information content (AvgIpc) is 2.57. The minimum atomic E-state index is -0.469. The van der Waals surface area contributed by atoms with Gasteiger partial charge >= 0.3 is 0 Å². The lowest BCUT2D eigenvalue weighted by Crippen LogP contribution is -2.12. The number of hydrogen-bond acceptors (Lipinski definition) is 2. The van der Waals surface area contributed by atoms with Crippen LogP contribution in [-0.4, -0.2) is 14.9 Å². The second kappa shape index (κ2) is 6.58. The smallest absolute Gasteiger partial charge is 0.0974 e. The van der Waals surface area contributed by atoms with Crippen molar-refractivity contribution >= 4 is 11.6 Å². The molecule has 0 aromatic carbocycles. The van der Waals surface area contributed by atoms with Crippen LogP contribution in [0.2, 0.25) is 5.02 Å². The summed E-state index contributed by atoms with van der Waals surface area (Å²) < 4.78 is 1.81. The Hall–Kier alpha value is -0.540. The summed E-state index contributed by atoms with van der Waals surface area (Å²) >= 11 is 6.13. The number of hydrogen-bond donors (Lipinski definition) is 1. The highest BCUT2D eigenvalue weighted by Gasteiger charge is 2.22. The maximum atomic E-state index is 10.4. The molecule has 1 heterocycles. The van der Waals surface area contributed by atoms with Crippen LogP contribution in [0.4, 0.5) is 0 Å². The van der Waals surface area contributed by atoms with Gasteiger partial charge in [0.25, 0.3) is 0 Å². The molecule has 0 aliphatic heterocycles. The molecule has 0 spiro atoms. The van der Waals surface area contributed by atoms with Crippen LogP contribution < -0.4 is 0 Å². The molecule has 1 aliphatic rings. The van der Waals surface area contributed by atoms with Gasteiger partial charge in [0, 0.05) is 6.54 Å². The van der Waals surface area contributed by atoms with E-state index >= 15 is 0 Å². The minimum Gasteiger partial charge on any atom is -0.387 e. The third kappa shape index (κ3) is 3.27. The van der Waals surface area contributed by atoms with Gasteiger partial charge < -0.3 is 5.11 Å². The van der Waals surface area contributed by atoms with E-state index in [1.54, 1.807) is 6.20 Å². The molecular formula is C14H23ClN2O. The van der Waals surface area contributed by atoms with Gasteiger partial charge in [-0.3, -0.25) is 4.68 Å². The van der Waals surface area contributed by atoms with E-state index in [4.69, 9.17) is 11.6 Å². The van der Waals surface area contributed by atoms with Gasteiger partial charge in [0.2, 0.25) is 0 Å². The van der Waals surface area contributed by atoms with E-state index in [-0.39, 0.29) is 0 Å². The van der Waals surface area contributed by atoms with E-state index in [1.165, 1.54) is 38.5 Å². The predicted octanol–water partition coefficient (Wildman–Crippen LogP) is 3.95. The van der Waals surface area contributed by atoms with Crippen LogP contribution in [0.1, 0.15) is 63.7 Å². The summed E-state index contributed by atoms with van der Waals surface area (Å²) in [4.78, 5) is 0. The first-order valence-corrected chi connectivity index (χ1v) is 7.49. The number of aliphatic hydroxyl groups excluding tert-OH is 1. The van der Waals surface area contributed by atoms with Gasteiger partial charge in [0.15, 0.2) is 0 Å². The topological polar surface area (TPSA) is 38.0 Å². The van der Waals surface area contributed by atoms with Crippen molar-refractivity contribution in [3.05, 3.63) is 16.9 Å². The zero-order valence-electron chi connectivity index (χ0n) is 11.1. The van der Waals surface area contributed by atoms with E-state index in [0.717, 1.165) is 18.7 Å². The Morgan fingerprint density at radius 3 is 2.67 bits per heavy atom. The molecule has 0 saturated heterocycles. The molecule has 1 aliphatic carbocycles. The Morgan fingerprint density at radius 1 is 1.39 bits per heavy atom. The van der Waals surface area contributed by atoms with Gasteiger partial charge in [-0.2, -0.15) is 5.10 Å². The molecule has 4 heteroatoms. The standard InChI is InChI=1S/C14H23ClN2O/c1-2-17-14(12(15)10-16-17)13(18)9-11-7-5-3-4-6-8-11/h10-11,13,18H,2-9H2,1H3. The van der Waals surface area contributed by atoms with Gasteiger partial charge in [0.1, 0.15) is 0 Å². The van der Waals surface area contributed by atoms with Crippen molar-refractivity contribution in [3.8, 4) is 0 Å². The van der Waals surface area contributed by atoms with Crippen LogP contribution in [0.25, 0.3) is 0 Å². The van der Waals surface area contributed by atoms with Crippen LogP contribution in [-0.2, 0) is 6.54 Å². The largest absolute Gasteiger partial charge is 0.387 e. The summed E-state index contributed by atoms with van der Waals surface area (Å²) in [6.45, 7) is 2.77. The molecule has 18 heavy (non-hydrogen) atoms. The maximum absolute atomic E-state index is 10.4. The van der Waals surface area contributed by atoms with Gasteiger partial charge in [-0.05, 0) is 19.3 Å². The van der Waals surface area contributed by atoms with E-state index in [0.29, 0.717) is 10.9 Å². The fourth-order valence-electron chi connectivity index (χ4n) is 2.98. The Bertz CT molecular complexity index is 370. The quantitative estimate of drug-likeness (QED) is 0.842. The van der Waals surface area contributed by atoms with E-state index in [9.17, 15) is 5.11 Å². The maximum Gasteiger partial charge on any atom is 0.0974 e. The van der Waals surface area contributed by atoms with Gasteiger partial charge in [-0.25, -0.2) is 0 Å². The predicted molar refractivity (Wildman–Crippen MR) is 73.7 cm³/mol. The lowest BCUT2D eigenvalue weighted by Gasteiger charge is -2.19. The highest BCUT2D eigenvalue weighted by atomic mass is 35.5. The molecule has 1 N–H and O–H groups in total. The van der Waals surface area contributed by atoms with Crippen LogP contribution in [0, 0.1) is 5.92 Å². The SMILES string of the molecule is CCn1ncc(Cl)c1C(O)CC1CCCCCC1. The van der Waals surface area contributed by atoms with Crippen molar-refractivity contribution in [1.29, 1.82) is 0 Å². The van der Waals surface area contributed by atoms with Crippen LogP contribution in [0.3, 0.4) is 0 Å². The summed E-state index contributed by atoms with van der Waals surface area (Å²) in [7, 11) is 0. The number of rotatable bonds is 4. The number of nitrogens with zero attached hydrogens (tertiary/aromatic N) is 2. The number of aromatic nitrogens is 2. The second-order valence-corrected chi connectivity index (χ2v) is 5.71. The molecule has 1 unspecified atom stereocenters. The van der Waals surface area contributed by atoms with E-state index < -0.39 is 6.10 Å². The monoisotopic (exact) mass is 270 g/mol. The third-order valence-electron chi connectivity index (χ3n) is 3.98. The lowest BCUT2D eigenvalue weighted by atomic mass is 9.92. The zero-order valence-corrected chi connectivity index (χ0v) is 11.9. The normalized spacial score (nSPS) is 19.7. The van der Waals surface area contributed by atoms with Crippen molar-refractivity contribution in [2.45, 2.75) is 64.5 Å². The first-order chi connectivity index (χ1) is 8.72. The van der Waals surface area contributed by atoms with Crippen LogP contribution >= 0.6 is 11.6 Å². The molecule has 3 nitrogen and oxygen atoms in total. The van der Waals surface area contributed by atoms with Gasteiger partial charge in [0.05, 0.1) is 23.0 Å². The van der Waals surface area contributed by atoms with E-state index in [1.807, 2.05) is 11.6 Å². The lowest BCUT2D eigenvalue weighted by molar-refractivity contribution is 0.130. The fourth-order valence-corrected chi connectivity index (χ4v) is 3.25. The summed E-state index contributed by atoms with van der Waals surface area (Å²) in [5.41, 5.74) is 0.795. The molecule has 1 fully saturated rings. The molecule has 1 aromatic heterocycles. The highest BCUT2D eigenvalue weighted by Crippen LogP contribution is 2.33. The summed E-state index contributed by atoms with van der Waals surface area (Å²) in [5, 5.41) is 15.2. The Labute approximate surface area is 114 Å². The molecule has 0 bridgehead atoms.